The molecule has 1 aromatic carbocycles. The van der Waals surface area contributed by atoms with Gasteiger partial charge < -0.3 is 0 Å². The minimum atomic E-state index is -0.526. The van der Waals surface area contributed by atoms with Crippen LogP contribution in [0.4, 0.5) is 4.39 Å². The number of ketones is 1. The van der Waals surface area contributed by atoms with Gasteiger partial charge in [-0.2, -0.15) is 12.6 Å². The highest BCUT2D eigenvalue weighted by molar-refractivity contribution is 7.81. The zero-order chi connectivity index (χ0) is 18.1. The van der Waals surface area contributed by atoms with Gasteiger partial charge in [0.1, 0.15) is 5.82 Å². The number of likely N-dealkylation sites (tertiary alicyclic amines) is 1. The molecule has 4 rings (SSSR count). The Balaban J connectivity index is 1.65. The fourth-order valence-electron chi connectivity index (χ4n) is 3.50. The molecule has 1 saturated heterocycles. The van der Waals surface area contributed by atoms with E-state index in [9.17, 15) is 9.18 Å². The van der Waals surface area contributed by atoms with Crippen molar-refractivity contribution in [2.75, 3.05) is 13.1 Å². The topological polar surface area (TPSA) is 46.1 Å². The average molecular weight is 390 g/mol. The van der Waals surface area contributed by atoms with Crippen LogP contribution >= 0.6 is 24.2 Å². The molecule has 0 spiro atoms. The summed E-state index contributed by atoms with van der Waals surface area (Å²) in [7, 11) is 0. The molecule has 2 atom stereocenters. The maximum Gasteiger partial charge on any atom is 0.157 e. The van der Waals surface area contributed by atoms with E-state index in [0.717, 1.165) is 37.1 Å². The Labute approximate surface area is 161 Å². The first-order valence-electron chi connectivity index (χ1n) is 8.81. The summed E-state index contributed by atoms with van der Waals surface area (Å²) in [5.74, 6) is -0.0976. The number of benzene rings is 1. The van der Waals surface area contributed by atoms with Gasteiger partial charge in [-0.15, -0.1) is 5.10 Å². The number of hydrogen-bond donors (Lipinski definition) is 1. The van der Waals surface area contributed by atoms with Crippen molar-refractivity contribution in [1.82, 2.24) is 14.5 Å². The van der Waals surface area contributed by atoms with Crippen molar-refractivity contribution in [3.05, 3.63) is 52.3 Å². The van der Waals surface area contributed by atoms with Crippen LogP contribution in [0.3, 0.4) is 0 Å². The summed E-state index contributed by atoms with van der Waals surface area (Å²) in [4.78, 5) is 15.1. The number of carbonyl (C=O) groups is 1. The van der Waals surface area contributed by atoms with Gasteiger partial charge in [0.05, 0.1) is 11.7 Å². The zero-order valence-corrected chi connectivity index (χ0v) is 15.9. The predicted molar refractivity (Wildman–Crippen MR) is 104 cm³/mol. The molecule has 1 saturated carbocycles. The second-order valence-corrected chi connectivity index (χ2v) is 8.16. The van der Waals surface area contributed by atoms with Crippen molar-refractivity contribution in [3.8, 4) is 0 Å². The number of carbonyl (C=O) groups excluding carboxylic acids is 1. The standard InChI is InChI=1S/C19H20FN3OS2/c20-16-4-2-1-3-15(16)18(19(24)12-5-6-12)23-8-7-17(25)13(10-23)9-14-11-26-22-21-14/h1-4,9,11-12,17-18,25H,5-8,10H2. The van der Waals surface area contributed by atoms with Crippen molar-refractivity contribution in [2.24, 2.45) is 5.92 Å². The van der Waals surface area contributed by atoms with Gasteiger partial charge >= 0.3 is 0 Å². The van der Waals surface area contributed by atoms with Crippen LogP contribution in [0.5, 0.6) is 0 Å². The number of thiol groups is 1. The van der Waals surface area contributed by atoms with Crippen molar-refractivity contribution in [1.29, 1.82) is 0 Å². The lowest BCUT2D eigenvalue weighted by Gasteiger charge is -2.37. The second kappa shape index (κ2) is 7.58. The van der Waals surface area contributed by atoms with Gasteiger partial charge in [-0.1, -0.05) is 22.7 Å². The minimum Gasteiger partial charge on any atom is -0.297 e. The lowest BCUT2D eigenvalue weighted by molar-refractivity contribution is -0.126. The van der Waals surface area contributed by atoms with E-state index < -0.39 is 6.04 Å². The van der Waals surface area contributed by atoms with Gasteiger partial charge in [0.25, 0.3) is 0 Å². The summed E-state index contributed by atoms with van der Waals surface area (Å²) in [6.07, 6.45) is 4.64. The Bertz CT molecular complexity index is 820. The van der Waals surface area contributed by atoms with Crippen LogP contribution < -0.4 is 0 Å². The third-order valence-electron chi connectivity index (χ3n) is 5.03. The number of Topliss-reactive ketones (excluding diaryl/α,β-unsaturated/α-hetero) is 1. The molecule has 0 amide bonds. The molecule has 2 fully saturated rings. The Morgan fingerprint density at radius 1 is 1.35 bits per heavy atom. The van der Waals surface area contributed by atoms with E-state index >= 15 is 0 Å². The summed E-state index contributed by atoms with van der Waals surface area (Å²) < 4.78 is 18.4. The first-order valence-corrected chi connectivity index (χ1v) is 10.2. The van der Waals surface area contributed by atoms with E-state index in [1.807, 2.05) is 11.5 Å². The van der Waals surface area contributed by atoms with Crippen molar-refractivity contribution < 1.29 is 9.18 Å². The monoisotopic (exact) mass is 389 g/mol. The number of halogens is 1. The van der Waals surface area contributed by atoms with E-state index in [1.165, 1.54) is 17.6 Å². The van der Waals surface area contributed by atoms with Gasteiger partial charge in [0, 0.05) is 35.2 Å². The SMILES string of the molecule is O=C(C1CC1)C(c1ccccc1F)N1CCC(S)C(=Cc2csnn2)C1. The van der Waals surface area contributed by atoms with E-state index in [0.29, 0.717) is 12.1 Å². The van der Waals surface area contributed by atoms with Crippen LogP contribution in [0, 0.1) is 11.7 Å². The molecule has 0 bridgehead atoms. The molecule has 4 nitrogen and oxygen atoms in total. The average Bonchev–Trinajstić information content (AvgIpc) is 3.37. The van der Waals surface area contributed by atoms with Gasteiger partial charge in [0.2, 0.25) is 0 Å². The van der Waals surface area contributed by atoms with Crippen LogP contribution in [-0.4, -0.2) is 38.6 Å². The number of piperidine rings is 1. The van der Waals surface area contributed by atoms with Crippen molar-refractivity contribution in [2.45, 2.75) is 30.6 Å². The summed E-state index contributed by atoms with van der Waals surface area (Å²) in [6.45, 7) is 1.31. The predicted octanol–water partition coefficient (Wildman–Crippen LogP) is 3.79. The largest absolute Gasteiger partial charge is 0.297 e. The molecule has 26 heavy (non-hydrogen) atoms. The number of nitrogens with zero attached hydrogens (tertiary/aromatic N) is 3. The lowest BCUT2D eigenvalue weighted by atomic mass is 9.93. The summed E-state index contributed by atoms with van der Waals surface area (Å²) in [6, 6.07) is 6.11. The van der Waals surface area contributed by atoms with Gasteiger partial charge in [-0.05, 0) is 48.5 Å². The molecule has 0 N–H and O–H groups in total. The maximum atomic E-state index is 14.5. The molecule has 2 unspecified atom stereocenters. The number of aromatic nitrogens is 2. The third-order valence-corrected chi connectivity index (χ3v) is 6.14. The molecule has 2 aromatic rings. The van der Waals surface area contributed by atoms with Crippen molar-refractivity contribution in [3.63, 3.8) is 0 Å². The molecular weight excluding hydrogens is 369 g/mol. The van der Waals surface area contributed by atoms with E-state index in [-0.39, 0.29) is 22.8 Å². The normalized spacial score (nSPS) is 23.9. The Morgan fingerprint density at radius 3 is 2.85 bits per heavy atom. The lowest BCUT2D eigenvalue weighted by Crippen LogP contribution is -2.42. The second-order valence-electron chi connectivity index (χ2n) is 6.92. The molecule has 1 aliphatic carbocycles. The highest BCUT2D eigenvalue weighted by Gasteiger charge is 2.40. The van der Waals surface area contributed by atoms with Gasteiger partial charge in [-0.3, -0.25) is 9.69 Å². The van der Waals surface area contributed by atoms with Gasteiger partial charge in [0.15, 0.2) is 5.78 Å². The minimum absolute atomic E-state index is 0.0727. The van der Waals surface area contributed by atoms with E-state index in [1.54, 1.807) is 18.2 Å². The van der Waals surface area contributed by atoms with Crippen LogP contribution in [0.1, 0.15) is 36.6 Å². The maximum absolute atomic E-state index is 14.5. The third kappa shape index (κ3) is 3.75. The first-order chi connectivity index (χ1) is 12.6. The Morgan fingerprint density at radius 2 is 2.15 bits per heavy atom. The Hall–Kier alpha value is -1.57. The van der Waals surface area contributed by atoms with Crippen LogP contribution in [0.15, 0.2) is 35.2 Å². The molecule has 1 aromatic heterocycles. The fraction of sp³-hybridized carbons (Fsp3) is 0.421. The van der Waals surface area contributed by atoms with E-state index in [4.69, 9.17) is 12.6 Å². The van der Waals surface area contributed by atoms with Crippen LogP contribution in [0.25, 0.3) is 6.08 Å². The summed E-state index contributed by atoms with van der Waals surface area (Å²) in [5.41, 5.74) is 2.38. The molecule has 2 aliphatic rings. The molecule has 2 heterocycles. The molecule has 0 radical (unpaired) electrons. The van der Waals surface area contributed by atoms with Crippen molar-refractivity contribution >= 4 is 36.0 Å². The molecular formula is C19H20FN3OS2. The summed E-state index contributed by atoms with van der Waals surface area (Å²) >= 11 is 5.99. The Kier molecular flexibility index (Phi) is 5.20. The quantitative estimate of drug-likeness (QED) is 0.791. The highest BCUT2D eigenvalue weighted by Crippen LogP contribution is 2.39. The molecule has 136 valence electrons. The summed E-state index contributed by atoms with van der Waals surface area (Å²) in [5, 5.41) is 6.07. The highest BCUT2D eigenvalue weighted by atomic mass is 32.1. The van der Waals surface area contributed by atoms with Crippen LogP contribution in [-0.2, 0) is 4.79 Å². The fourth-order valence-corrected chi connectivity index (χ4v) is 4.18. The van der Waals surface area contributed by atoms with Crippen LogP contribution in [0.2, 0.25) is 0 Å². The van der Waals surface area contributed by atoms with Gasteiger partial charge in [-0.25, -0.2) is 4.39 Å². The molecule has 1 aliphatic heterocycles. The molecule has 7 heteroatoms. The first kappa shape index (κ1) is 17.8. The number of rotatable bonds is 5. The smallest absolute Gasteiger partial charge is 0.157 e. The zero-order valence-electron chi connectivity index (χ0n) is 14.2. The van der Waals surface area contributed by atoms with E-state index in [2.05, 4.69) is 14.5 Å². The number of hydrogen-bond acceptors (Lipinski definition) is 6.